The maximum Gasteiger partial charge on any atom is 0.246 e. The highest BCUT2D eigenvalue weighted by Gasteiger charge is 2.68. The van der Waals surface area contributed by atoms with Gasteiger partial charge in [0.05, 0.1) is 18.8 Å². The fourth-order valence-corrected chi connectivity index (χ4v) is 17.6. The minimum absolute atomic E-state index is 0.00912. The van der Waals surface area contributed by atoms with Crippen molar-refractivity contribution >= 4 is 76.5 Å². The minimum atomic E-state index is -1.61. The van der Waals surface area contributed by atoms with Gasteiger partial charge in [-0.1, -0.05) is 135 Å². The molecule has 0 aromatic heterocycles. The molecule has 4 aliphatic carbocycles. The number of hydrogen-bond acceptors (Lipinski definition) is 17. The fourth-order valence-electron chi connectivity index (χ4n) is 17.6. The number of aliphatic hydroxyl groups is 4. The molecular formula is C83H139N11O17. The Hall–Kier alpha value is -7.43. The van der Waals surface area contributed by atoms with E-state index in [-0.39, 0.29) is 84.7 Å². The van der Waals surface area contributed by atoms with E-state index in [1.165, 1.54) is 87.7 Å². The Balaban J connectivity index is 0.000000823. The second kappa shape index (κ2) is 40.5. The van der Waals surface area contributed by atoms with Crippen LogP contribution in [-0.4, -0.2) is 272 Å². The first-order chi connectivity index (χ1) is 51.4. The van der Waals surface area contributed by atoms with Gasteiger partial charge in [0, 0.05) is 66.1 Å². The summed E-state index contributed by atoms with van der Waals surface area (Å²) in [4.78, 5) is 193. The number of aliphatic hydroxyl groups excluding tert-OH is 3. The summed E-state index contributed by atoms with van der Waals surface area (Å²) in [5.74, 6) is -9.93. The summed E-state index contributed by atoms with van der Waals surface area (Å²) in [6.07, 6.45) is 10.7. The van der Waals surface area contributed by atoms with E-state index in [0.717, 1.165) is 34.6 Å². The van der Waals surface area contributed by atoms with Crippen LogP contribution >= 0.6 is 0 Å². The van der Waals surface area contributed by atoms with Gasteiger partial charge in [0.1, 0.15) is 72.6 Å². The largest absolute Gasteiger partial charge is 0.393 e. The van der Waals surface area contributed by atoms with Gasteiger partial charge in [-0.25, -0.2) is 0 Å². The first-order valence-electron chi connectivity index (χ1n) is 40.2. The van der Waals surface area contributed by atoms with Gasteiger partial charge in [0.25, 0.3) is 0 Å². The zero-order valence-corrected chi connectivity index (χ0v) is 71.5. The smallest absolute Gasteiger partial charge is 0.246 e. The van der Waals surface area contributed by atoms with Crippen LogP contribution in [0.2, 0.25) is 0 Å². The number of likely N-dealkylation sites (N-methyl/N-ethyl adjacent to an activating group) is 7. The third-order valence-electron chi connectivity index (χ3n) is 24.3. The molecule has 0 unspecified atom stereocenters. The number of Topliss-reactive ketones (excluding diaryl/α,β-unsaturated/α-hetero) is 1. The quantitative estimate of drug-likeness (QED) is 0.0904. The summed E-state index contributed by atoms with van der Waals surface area (Å²) >= 11 is 0. The molecule has 0 aromatic rings. The van der Waals surface area contributed by atoms with Gasteiger partial charge in [0.15, 0.2) is 11.6 Å². The molecule has 1 aliphatic heterocycles. The second-order valence-electron chi connectivity index (χ2n) is 35.3. The van der Waals surface area contributed by atoms with Gasteiger partial charge in [-0.2, -0.15) is 0 Å². The summed E-state index contributed by atoms with van der Waals surface area (Å²) in [6, 6.07) is -12.3. The Morgan fingerprint density at radius 2 is 1.07 bits per heavy atom. The number of allylic oxidation sites excluding steroid dienone is 6. The third-order valence-corrected chi connectivity index (χ3v) is 24.3. The van der Waals surface area contributed by atoms with E-state index in [2.05, 4.69) is 28.2 Å². The zero-order chi connectivity index (χ0) is 84.9. The van der Waals surface area contributed by atoms with Crippen molar-refractivity contribution in [2.75, 3.05) is 62.5 Å². The monoisotopic (exact) mass is 1560 g/mol. The predicted molar refractivity (Wildman–Crippen MR) is 423 cm³/mol. The van der Waals surface area contributed by atoms with Crippen LogP contribution in [0.1, 0.15) is 202 Å². The van der Waals surface area contributed by atoms with E-state index in [4.69, 9.17) is 0 Å². The Kier molecular flexibility index (Phi) is 35.0. The van der Waals surface area contributed by atoms with Crippen molar-refractivity contribution in [3.8, 4) is 0 Å². The lowest BCUT2D eigenvalue weighted by molar-refractivity contribution is -0.178. The average molecular weight is 1560 g/mol. The number of rotatable bonds is 17. The summed E-state index contributed by atoms with van der Waals surface area (Å²) < 4.78 is 0. The van der Waals surface area contributed by atoms with E-state index in [1.807, 2.05) is 74.5 Å². The Morgan fingerprint density at radius 3 is 1.58 bits per heavy atom. The molecule has 28 heteroatoms. The molecule has 28 nitrogen and oxygen atoms in total. The van der Waals surface area contributed by atoms with Crippen LogP contribution in [0.5, 0.6) is 0 Å². The fraction of sp³-hybridized carbons (Fsp3) is 0.771. The topological polar surface area (TPSA) is 374 Å². The number of nitrogens with zero attached hydrogens (tertiary/aromatic N) is 7. The molecule has 5 rings (SSSR count). The third kappa shape index (κ3) is 22.3. The second-order valence-corrected chi connectivity index (χ2v) is 35.3. The van der Waals surface area contributed by atoms with Crippen molar-refractivity contribution in [1.82, 2.24) is 55.6 Å². The molecule has 8 N–H and O–H groups in total. The average Bonchev–Trinajstić information content (AvgIpc) is 1.60. The van der Waals surface area contributed by atoms with Crippen molar-refractivity contribution in [2.24, 2.45) is 70.0 Å². The van der Waals surface area contributed by atoms with Gasteiger partial charge in [-0.15, -0.1) is 0 Å². The molecule has 1 heterocycles. The first kappa shape index (κ1) is 95.9. The minimum Gasteiger partial charge on any atom is -0.393 e. The lowest BCUT2D eigenvalue weighted by atomic mass is 9.46. The molecule has 4 fully saturated rings. The number of carbonyl (C=O) groups is 13. The summed E-state index contributed by atoms with van der Waals surface area (Å²) in [5.41, 5.74) is -1.54. The van der Waals surface area contributed by atoms with Gasteiger partial charge < -0.3 is 76.0 Å². The Morgan fingerprint density at radius 1 is 0.586 bits per heavy atom. The molecule has 19 atom stereocenters. The van der Waals surface area contributed by atoms with Crippen molar-refractivity contribution in [3.05, 3.63) is 36.0 Å². The van der Waals surface area contributed by atoms with Crippen LogP contribution in [0, 0.1) is 70.0 Å². The van der Waals surface area contributed by atoms with E-state index in [9.17, 15) is 73.2 Å². The molecule has 0 radical (unpaired) electrons. The van der Waals surface area contributed by atoms with Crippen LogP contribution in [0.4, 0.5) is 0 Å². The van der Waals surface area contributed by atoms with Crippen molar-refractivity contribution in [3.63, 3.8) is 0 Å². The first-order valence-corrected chi connectivity index (χ1v) is 40.2. The number of amides is 11. The molecule has 628 valence electrons. The highest BCUT2D eigenvalue weighted by molar-refractivity contribution is 6.02. The van der Waals surface area contributed by atoms with Crippen LogP contribution < -0.4 is 21.3 Å². The predicted octanol–water partition coefficient (Wildman–Crippen LogP) is 4.83. The van der Waals surface area contributed by atoms with Crippen LogP contribution in [0.25, 0.3) is 0 Å². The number of ketones is 2. The van der Waals surface area contributed by atoms with Gasteiger partial charge in [0.2, 0.25) is 65.0 Å². The number of fused-ring (bicyclic) bond motifs is 5. The van der Waals surface area contributed by atoms with E-state index < -0.39 is 185 Å². The summed E-state index contributed by atoms with van der Waals surface area (Å²) in [5, 5.41) is 54.7. The number of hydrogen-bond donors (Lipinski definition) is 8. The molecule has 11 amide bonds. The molecule has 1 saturated heterocycles. The molecule has 3 saturated carbocycles. The molecule has 0 aromatic carbocycles. The summed E-state index contributed by atoms with van der Waals surface area (Å²) in [7, 11) is 9.92. The highest BCUT2D eigenvalue weighted by Crippen LogP contribution is 2.67. The number of nitrogens with one attached hydrogen (secondary N) is 4. The standard InChI is InChI=1S/C62H111N11O12.C21H28O5/c1-25-27-28-40(15)52(75)51-56(79)65-43(26-2)58(81)67(18)33-48(74)68(19)44(29-34(3)4)55(78)66-49(38(11)12)61(84)69(20)45(30-35(5)6)54(77)63-41(16)53(76)64-42(17)57(80)70(21)46(31-36(7)8)59(82)71(22)47(32-37(9)10)60(83)72(23)50(39(13)14)62(85)73(51)24;1-19-7-5-13(23)9-12(19)3-4-14-15-6-8-21(26,17(25)11-22)20(15,2)10-16(24)18(14)19/h25,27,34-47,49-52,75H,26,28-33H2,1-24H3,(H,63,77)(H,64,76)(H,65,79)(H,66,78);5,7,9,14-16,18,22,24,26H,3-4,6,8,10-11H2,1-2H3/b27-25+;/t40-,41+,42-,43+,44+,45+,46+,47+,49+,50+,51+,52-;14-,15-,16-,18+,19-,20-,21-/m10/s1. The van der Waals surface area contributed by atoms with E-state index in [0.29, 0.717) is 19.3 Å². The Labute approximate surface area is 660 Å². The molecule has 0 spiro atoms. The Bertz CT molecular complexity index is 3430. The van der Waals surface area contributed by atoms with Crippen molar-refractivity contribution in [2.45, 2.75) is 280 Å². The number of carbonyl (C=O) groups excluding carboxylic acids is 13. The normalized spacial score (nSPS) is 32.3. The van der Waals surface area contributed by atoms with Crippen LogP contribution in [-0.2, 0) is 62.3 Å². The molecular weight excluding hydrogens is 1420 g/mol. The lowest BCUT2D eigenvalue weighted by Gasteiger charge is -2.59. The van der Waals surface area contributed by atoms with Crippen molar-refractivity contribution in [1.29, 1.82) is 0 Å². The molecule has 5 aliphatic rings. The van der Waals surface area contributed by atoms with E-state index >= 15 is 9.59 Å². The lowest BCUT2D eigenvalue weighted by Crippen LogP contribution is -2.63. The van der Waals surface area contributed by atoms with Gasteiger partial charge >= 0.3 is 0 Å². The van der Waals surface area contributed by atoms with Crippen LogP contribution in [0.15, 0.2) is 36.0 Å². The highest BCUT2D eigenvalue weighted by atomic mass is 16.3. The van der Waals surface area contributed by atoms with E-state index in [1.54, 1.807) is 66.7 Å². The zero-order valence-electron chi connectivity index (χ0n) is 71.5. The maximum atomic E-state index is 15.1. The van der Waals surface area contributed by atoms with Gasteiger partial charge in [-0.05, 0) is 157 Å². The van der Waals surface area contributed by atoms with Crippen LogP contribution in [0.3, 0.4) is 0 Å². The maximum absolute atomic E-state index is 15.1. The SMILES string of the molecule is C/C=C/C[C@@H](C)[C@@H](O)[C@H]1C(=O)N[C@@H](CC)C(=O)N(C)CC(=O)N(C)[C@@H](CC(C)C)C(=O)N[C@@H](C(C)C)C(=O)N(C)[C@@H](CC(C)C)C(=O)N[C@@H](C)C(=O)N[C@H](C)C(=O)N(C)[C@@H](CC(C)C)C(=O)N(C)[C@@H](CC(C)C)C(=O)N(C)[C@@H](C(C)C)C(=O)N1C.C[C@]12C=CC(=O)C=C1CC[C@@H]1[C@@H]2[C@@H](O)C[C@@]2(C)[C@H]1CC[C@]2(O)C(=O)CO. The van der Waals surface area contributed by atoms with Gasteiger partial charge in [-0.3, -0.25) is 62.3 Å². The van der Waals surface area contributed by atoms with Crippen molar-refractivity contribution < 1.29 is 82.8 Å². The summed E-state index contributed by atoms with van der Waals surface area (Å²) in [6.45, 7) is 32.7. The molecule has 0 bridgehead atoms. The molecule has 111 heavy (non-hydrogen) atoms.